The number of fused-ring (bicyclic) bond motifs is 1. The first-order chi connectivity index (χ1) is 9.21. The summed E-state index contributed by atoms with van der Waals surface area (Å²) in [7, 11) is 7.67. The number of hydrogen-bond donors (Lipinski definition) is 0. The molecule has 2 aromatic rings. The Bertz CT molecular complexity index is 647. The number of pyridine rings is 2. The summed E-state index contributed by atoms with van der Waals surface area (Å²) in [6.45, 7) is 7.81. The number of nitrogens with zero attached hydrogens (tertiary/aromatic N) is 3. The molecule has 2 rings (SSSR count). The number of aromatic nitrogens is 2. The summed E-state index contributed by atoms with van der Waals surface area (Å²) >= 11 is 1.60. The van der Waals surface area contributed by atoms with Gasteiger partial charge in [-0.3, -0.25) is 4.99 Å². The SMILES string of the molecule is CC.[B]c1cc2cnc(SC)cc2n(C=C)c1=NC. The van der Waals surface area contributed by atoms with E-state index in [1.54, 1.807) is 25.0 Å². The van der Waals surface area contributed by atoms with Crippen LogP contribution in [-0.2, 0) is 0 Å². The van der Waals surface area contributed by atoms with Crippen LogP contribution in [0.1, 0.15) is 13.8 Å². The van der Waals surface area contributed by atoms with Crippen molar-refractivity contribution < 1.29 is 0 Å². The molecule has 19 heavy (non-hydrogen) atoms. The first kappa shape index (κ1) is 15.6. The highest BCUT2D eigenvalue weighted by Gasteiger charge is 2.04. The van der Waals surface area contributed by atoms with E-state index in [1.807, 2.05) is 43.0 Å². The smallest absolute Gasteiger partial charge is 0.124 e. The summed E-state index contributed by atoms with van der Waals surface area (Å²) in [4.78, 5) is 8.51. The van der Waals surface area contributed by atoms with Crippen LogP contribution >= 0.6 is 11.8 Å². The largest absolute Gasteiger partial charge is 0.303 e. The molecule has 0 saturated heterocycles. The molecule has 0 amide bonds. The molecule has 0 aliphatic carbocycles. The van der Waals surface area contributed by atoms with Gasteiger partial charge in [-0.15, -0.1) is 11.8 Å². The fourth-order valence-electron chi connectivity index (χ4n) is 1.78. The number of rotatable bonds is 2. The zero-order valence-electron chi connectivity index (χ0n) is 11.8. The van der Waals surface area contributed by atoms with E-state index in [0.29, 0.717) is 11.0 Å². The molecule has 3 nitrogen and oxygen atoms in total. The third kappa shape index (κ3) is 3.10. The van der Waals surface area contributed by atoms with Crippen molar-refractivity contribution >= 4 is 42.2 Å². The van der Waals surface area contributed by atoms with Crippen molar-refractivity contribution in [1.29, 1.82) is 0 Å². The molecule has 0 aliphatic rings. The second kappa shape index (κ2) is 7.19. The van der Waals surface area contributed by atoms with Crippen molar-refractivity contribution in [1.82, 2.24) is 9.55 Å². The fourth-order valence-corrected chi connectivity index (χ4v) is 2.16. The van der Waals surface area contributed by atoms with Crippen LogP contribution < -0.4 is 11.0 Å². The molecule has 5 heteroatoms. The lowest BCUT2D eigenvalue weighted by atomic mass is 9.96. The van der Waals surface area contributed by atoms with Crippen molar-refractivity contribution in [3.05, 3.63) is 30.4 Å². The average molecular weight is 271 g/mol. The van der Waals surface area contributed by atoms with Crippen molar-refractivity contribution in [2.24, 2.45) is 4.99 Å². The van der Waals surface area contributed by atoms with E-state index >= 15 is 0 Å². The maximum Gasteiger partial charge on any atom is 0.124 e. The van der Waals surface area contributed by atoms with Crippen molar-refractivity contribution in [2.45, 2.75) is 18.9 Å². The highest BCUT2D eigenvalue weighted by molar-refractivity contribution is 7.98. The lowest BCUT2D eigenvalue weighted by molar-refractivity contribution is 1.04. The van der Waals surface area contributed by atoms with Crippen LogP contribution in [0.15, 0.2) is 34.9 Å². The molecule has 0 N–H and O–H groups in total. The molecule has 0 atom stereocenters. The fraction of sp³-hybridized carbons (Fsp3) is 0.286. The summed E-state index contributed by atoms with van der Waals surface area (Å²) < 4.78 is 1.88. The van der Waals surface area contributed by atoms with Crippen molar-refractivity contribution in [2.75, 3.05) is 13.3 Å². The summed E-state index contributed by atoms with van der Waals surface area (Å²) in [6, 6.07) is 3.89. The van der Waals surface area contributed by atoms with Gasteiger partial charge in [0, 0.05) is 24.8 Å². The highest BCUT2D eigenvalue weighted by Crippen LogP contribution is 2.17. The minimum atomic E-state index is 0.624. The van der Waals surface area contributed by atoms with Crippen LogP contribution in [0.3, 0.4) is 0 Å². The molecule has 2 heterocycles. The van der Waals surface area contributed by atoms with Gasteiger partial charge >= 0.3 is 0 Å². The topological polar surface area (TPSA) is 30.2 Å². The third-order valence-corrected chi connectivity index (χ3v) is 3.19. The minimum Gasteiger partial charge on any atom is -0.303 e. The summed E-state index contributed by atoms with van der Waals surface area (Å²) in [5.41, 5.74) is 2.35. The van der Waals surface area contributed by atoms with Crippen LogP contribution in [0.4, 0.5) is 0 Å². The maximum atomic E-state index is 5.95. The molecule has 0 fully saturated rings. The predicted molar refractivity (Wildman–Crippen MR) is 86.1 cm³/mol. The summed E-state index contributed by atoms with van der Waals surface area (Å²) in [5, 5.41) is 1.94. The van der Waals surface area contributed by atoms with E-state index in [4.69, 9.17) is 7.85 Å². The Morgan fingerprint density at radius 2 is 2.11 bits per heavy atom. The van der Waals surface area contributed by atoms with Gasteiger partial charge in [0.1, 0.15) is 13.3 Å². The molecule has 0 bridgehead atoms. The van der Waals surface area contributed by atoms with Crippen LogP contribution in [0.5, 0.6) is 0 Å². The van der Waals surface area contributed by atoms with Gasteiger partial charge in [-0.05, 0) is 12.3 Å². The average Bonchev–Trinajstić information content (AvgIpc) is 2.47. The van der Waals surface area contributed by atoms with Gasteiger partial charge in [0.2, 0.25) is 0 Å². The Labute approximate surface area is 119 Å². The summed E-state index contributed by atoms with van der Waals surface area (Å²) in [6.07, 6.45) is 5.52. The summed E-state index contributed by atoms with van der Waals surface area (Å²) in [5.74, 6) is 0. The first-order valence-corrected chi connectivity index (χ1v) is 7.34. The van der Waals surface area contributed by atoms with E-state index in [-0.39, 0.29) is 0 Å². The molecular formula is C14H18BN3S. The number of hydrogen-bond acceptors (Lipinski definition) is 3. The molecule has 0 unspecified atom stereocenters. The van der Waals surface area contributed by atoms with E-state index in [1.165, 1.54) is 0 Å². The molecule has 2 radical (unpaired) electrons. The van der Waals surface area contributed by atoms with Gasteiger partial charge in [-0.1, -0.05) is 32.0 Å². The molecule has 0 spiro atoms. The quantitative estimate of drug-likeness (QED) is 0.619. The number of thioether (sulfide) groups is 1. The zero-order valence-corrected chi connectivity index (χ0v) is 12.7. The van der Waals surface area contributed by atoms with Crippen LogP contribution in [0, 0.1) is 0 Å². The van der Waals surface area contributed by atoms with E-state index in [2.05, 4.69) is 16.6 Å². The van der Waals surface area contributed by atoms with Gasteiger partial charge in [0.15, 0.2) is 0 Å². The van der Waals surface area contributed by atoms with Gasteiger partial charge in [0.05, 0.1) is 10.5 Å². The molecule has 0 aromatic carbocycles. The van der Waals surface area contributed by atoms with E-state index < -0.39 is 0 Å². The molecule has 0 aliphatic heterocycles. The van der Waals surface area contributed by atoms with Gasteiger partial charge in [0.25, 0.3) is 0 Å². The molecule has 2 aromatic heterocycles. The zero-order chi connectivity index (χ0) is 14.4. The monoisotopic (exact) mass is 271 g/mol. The Hall–Kier alpha value is -1.49. The second-order valence-corrected chi connectivity index (χ2v) is 4.31. The Morgan fingerprint density at radius 3 is 2.63 bits per heavy atom. The predicted octanol–water partition coefficient (Wildman–Crippen LogP) is 2.21. The van der Waals surface area contributed by atoms with Gasteiger partial charge < -0.3 is 4.57 Å². The Balaban J connectivity index is 0.000000861. The Morgan fingerprint density at radius 1 is 1.42 bits per heavy atom. The van der Waals surface area contributed by atoms with Crippen LogP contribution in [0.25, 0.3) is 17.1 Å². The second-order valence-electron chi connectivity index (χ2n) is 3.48. The maximum absolute atomic E-state index is 5.95. The molecular weight excluding hydrogens is 253 g/mol. The third-order valence-electron chi connectivity index (χ3n) is 2.55. The molecule has 98 valence electrons. The van der Waals surface area contributed by atoms with E-state index in [0.717, 1.165) is 15.9 Å². The van der Waals surface area contributed by atoms with Gasteiger partial charge in [-0.2, -0.15) is 0 Å². The lowest BCUT2D eigenvalue weighted by Crippen LogP contribution is -2.33. The molecule has 0 saturated carbocycles. The van der Waals surface area contributed by atoms with Gasteiger partial charge in [-0.25, -0.2) is 4.98 Å². The van der Waals surface area contributed by atoms with E-state index in [9.17, 15) is 0 Å². The highest BCUT2D eigenvalue weighted by atomic mass is 32.2. The van der Waals surface area contributed by atoms with Crippen molar-refractivity contribution in [3.63, 3.8) is 0 Å². The first-order valence-electron chi connectivity index (χ1n) is 6.11. The lowest BCUT2D eigenvalue weighted by Gasteiger charge is -2.10. The standard InChI is InChI=1S/C12H12BN3S.C2H6/c1-4-16-10-6-11(17-3)15-7-8(10)5-9(13)12(16)14-2;1-2/h4-7H,1H2,2-3H3;1-2H3. The van der Waals surface area contributed by atoms with Crippen molar-refractivity contribution in [3.8, 4) is 0 Å². The van der Waals surface area contributed by atoms with Crippen LogP contribution in [-0.4, -0.2) is 30.7 Å². The van der Waals surface area contributed by atoms with Crippen LogP contribution in [0.2, 0.25) is 0 Å². The Kier molecular flexibility index (Phi) is 5.89. The normalized spacial score (nSPS) is 11.1. The minimum absolute atomic E-state index is 0.624.